The van der Waals surface area contributed by atoms with E-state index in [1.807, 2.05) is 18.2 Å². The Kier molecular flexibility index (Phi) is 6.74. The van der Waals surface area contributed by atoms with Crippen LogP contribution in [0.2, 0.25) is 0 Å². The lowest BCUT2D eigenvalue weighted by Gasteiger charge is -2.32. The zero-order valence-corrected chi connectivity index (χ0v) is 16.7. The Morgan fingerprint density at radius 2 is 1.77 bits per heavy atom. The SMILES string of the molecule is CC(=O)NCC(=O)N1CCC(c2cccc(Cc3ccc(C(F)(F)F)cc3)n2)CC1. The molecule has 30 heavy (non-hydrogen) atoms. The molecule has 0 aliphatic carbocycles. The maximum absolute atomic E-state index is 12.7. The number of halogens is 3. The average Bonchev–Trinajstić information content (AvgIpc) is 2.72. The topological polar surface area (TPSA) is 62.3 Å². The van der Waals surface area contributed by atoms with Crippen molar-refractivity contribution in [2.24, 2.45) is 0 Å². The third kappa shape index (κ3) is 5.81. The van der Waals surface area contributed by atoms with Crippen molar-refractivity contribution in [1.82, 2.24) is 15.2 Å². The Hall–Kier alpha value is -2.90. The third-order valence-electron chi connectivity index (χ3n) is 5.25. The Morgan fingerprint density at radius 1 is 1.10 bits per heavy atom. The summed E-state index contributed by atoms with van der Waals surface area (Å²) in [5, 5.41) is 2.52. The van der Waals surface area contributed by atoms with E-state index in [-0.39, 0.29) is 24.3 Å². The van der Waals surface area contributed by atoms with Gasteiger partial charge in [-0.3, -0.25) is 14.6 Å². The Bertz CT molecular complexity index is 889. The van der Waals surface area contributed by atoms with E-state index in [1.165, 1.54) is 19.1 Å². The molecule has 5 nitrogen and oxygen atoms in total. The molecule has 1 N–H and O–H groups in total. The van der Waals surface area contributed by atoms with Gasteiger partial charge in [0.05, 0.1) is 12.1 Å². The molecule has 2 aromatic rings. The fourth-order valence-corrected chi connectivity index (χ4v) is 3.58. The molecule has 2 amide bonds. The van der Waals surface area contributed by atoms with Gasteiger partial charge < -0.3 is 10.2 Å². The number of hydrogen-bond donors (Lipinski definition) is 1. The molecule has 1 fully saturated rings. The van der Waals surface area contributed by atoms with Crippen LogP contribution in [-0.4, -0.2) is 41.3 Å². The zero-order chi connectivity index (χ0) is 21.7. The summed E-state index contributed by atoms with van der Waals surface area (Å²) in [7, 11) is 0. The van der Waals surface area contributed by atoms with Crippen LogP contribution in [0, 0.1) is 0 Å². The van der Waals surface area contributed by atoms with Crippen LogP contribution in [0.5, 0.6) is 0 Å². The van der Waals surface area contributed by atoms with Crippen LogP contribution >= 0.6 is 0 Å². The minimum atomic E-state index is -4.34. The highest BCUT2D eigenvalue weighted by Crippen LogP contribution is 2.30. The molecule has 1 aromatic carbocycles. The maximum atomic E-state index is 12.7. The first-order valence-electron chi connectivity index (χ1n) is 9.86. The Balaban J connectivity index is 1.58. The second-order valence-electron chi connectivity index (χ2n) is 7.49. The summed E-state index contributed by atoms with van der Waals surface area (Å²) < 4.78 is 38.1. The van der Waals surface area contributed by atoms with Gasteiger partial charge >= 0.3 is 6.18 Å². The number of rotatable bonds is 5. The number of nitrogens with one attached hydrogen (secondary N) is 1. The quantitative estimate of drug-likeness (QED) is 0.807. The van der Waals surface area contributed by atoms with Crippen molar-refractivity contribution in [2.45, 2.75) is 38.3 Å². The van der Waals surface area contributed by atoms with Gasteiger partial charge in [-0.1, -0.05) is 18.2 Å². The van der Waals surface area contributed by atoms with Crippen molar-refractivity contribution in [3.05, 3.63) is 65.0 Å². The first-order chi connectivity index (χ1) is 14.2. The number of alkyl halides is 3. The molecule has 0 spiro atoms. The molecule has 0 bridgehead atoms. The standard InChI is InChI=1S/C22H24F3N3O2/c1-15(29)26-14-21(30)28-11-9-17(10-12-28)20-4-2-3-19(27-20)13-16-5-7-18(8-6-16)22(23,24)25/h2-8,17H,9-14H2,1H3,(H,26,29). The van der Waals surface area contributed by atoms with Crippen molar-refractivity contribution < 1.29 is 22.8 Å². The maximum Gasteiger partial charge on any atom is 0.416 e. The van der Waals surface area contributed by atoms with Crippen LogP contribution in [0.1, 0.15) is 48.2 Å². The molecule has 1 saturated heterocycles. The normalized spacial score (nSPS) is 15.1. The van der Waals surface area contributed by atoms with Gasteiger partial charge in [0, 0.05) is 43.7 Å². The average molecular weight is 419 g/mol. The predicted octanol–water partition coefficient (Wildman–Crippen LogP) is 3.53. The lowest BCUT2D eigenvalue weighted by molar-refractivity contribution is -0.137. The van der Waals surface area contributed by atoms with E-state index in [1.54, 1.807) is 4.90 Å². The van der Waals surface area contributed by atoms with E-state index in [9.17, 15) is 22.8 Å². The number of aromatic nitrogens is 1. The number of pyridine rings is 1. The molecule has 8 heteroatoms. The van der Waals surface area contributed by atoms with Crippen LogP contribution in [0.4, 0.5) is 13.2 Å². The minimum absolute atomic E-state index is 0.0147. The number of benzene rings is 1. The number of nitrogens with zero attached hydrogens (tertiary/aromatic N) is 2. The number of carbonyl (C=O) groups is 2. The highest BCUT2D eigenvalue weighted by molar-refractivity contribution is 5.83. The van der Waals surface area contributed by atoms with Crippen LogP contribution in [-0.2, 0) is 22.2 Å². The lowest BCUT2D eigenvalue weighted by atomic mass is 9.92. The monoisotopic (exact) mass is 419 g/mol. The highest BCUT2D eigenvalue weighted by Gasteiger charge is 2.30. The van der Waals surface area contributed by atoms with E-state index in [0.717, 1.165) is 41.9 Å². The van der Waals surface area contributed by atoms with Gasteiger partial charge in [-0.25, -0.2) is 0 Å². The predicted molar refractivity (Wildman–Crippen MR) is 106 cm³/mol. The fourth-order valence-electron chi connectivity index (χ4n) is 3.58. The van der Waals surface area contributed by atoms with Gasteiger partial charge in [-0.05, 0) is 42.7 Å². The van der Waals surface area contributed by atoms with Crippen LogP contribution in [0.15, 0.2) is 42.5 Å². The summed E-state index contributed by atoms with van der Waals surface area (Å²) in [6.07, 6.45) is -2.32. The molecule has 0 radical (unpaired) electrons. The van der Waals surface area contributed by atoms with Crippen molar-refractivity contribution in [2.75, 3.05) is 19.6 Å². The number of hydrogen-bond acceptors (Lipinski definition) is 3. The largest absolute Gasteiger partial charge is 0.416 e. The van der Waals surface area contributed by atoms with Gasteiger partial charge in [0.15, 0.2) is 0 Å². The summed E-state index contributed by atoms with van der Waals surface area (Å²) in [5.74, 6) is -0.0951. The van der Waals surface area contributed by atoms with E-state index in [4.69, 9.17) is 4.98 Å². The summed E-state index contributed by atoms with van der Waals surface area (Å²) in [6, 6.07) is 10.9. The first-order valence-corrected chi connectivity index (χ1v) is 9.86. The second-order valence-corrected chi connectivity index (χ2v) is 7.49. The van der Waals surface area contributed by atoms with E-state index < -0.39 is 11.7 Å². The van der Waals surface area contributed by atoms with Crippen LogP contribution in [0.3, 0.4) is 0 Å². The Morgan fingerprint density at radius 3 is 2.37 bits per heavy atom. The van der Waals surface area contributed by atoms with Gasteiger partial charge in [0.1, 0.15) is 0 Å². The van der Waals surface area contributed by atoms with Crippen LogP contribution in [0.25, 0.3) is 0 Å². The minimum Gasteiger partial charge on any atom is -0.347 e. The molecule has 2 heterocycles. The van der Waals surface area contributed by atoms with E-state index >= 15 is 0 Å². The summed E-state index contributed by atoms with van der Waals surface area (Å²) in [6.45, 7) is 2.60. The molecule has 160 valence electrons. The molecule has 0 unspecified atom stereocenters. The smallest absolute Gasteiger partial charge is 0.347 e. The molecular formula is C22H24F3N3O2. The van der Waals surface area contributed by atoms with Crippen molar-refractivity contribution in [3.8, 4) is 0 Å². The Labute approximate surface area is 173 Å². The van der Waals surface area contributed by atoms with E-state index in [0.29, 0.717) is 19.5 Å². The molecule has 0 saturated carbocycles. The summed E-state index contributed by atoms with van der Waals surface area (Å²) in [5.41, 5.74) is 1.85. The molecular weight excluding hydrogens is 395 g/mol. The highest BCUT2D eigenvalue weighted by atomic mass is 19.4. The molecule has 1 aromatic heterocycles. The second kappa shape index (κ2) is 9.28. The summed E-state index contributed by atoms with van der Waals surface area (Å²) >= 11 is 0. The molecule has 1 aliphatic heterocycles. The molecule has 1 aliphatic rings. The number of likely N-dealkylation sites (tertiary alicyclic amines) is 1. The fraction of sp³-hybridized carbons (Fsp3) is 0.409. The van der Waals surface area contributed by atoms with Gasteiger partial charge in [-0.15, -0.1) is 0 Å². The first kappa shape index (κ1) is 21.8. The summed E-state index contributed by atoms with van der Waals surface area (Å²) in [4.78, 5) is 29.5. The zero-order valence-electron chi connectivity index (χ0n) is 16.7. The van der Waals surface area contributed by atoms with Crippen LogP contribution < -0.4 is 5.32 Å². The van der Waals surface area contributed by atoms with Crippen molar-refractivity contribution in [1.29, 1.82) is 0 Å². The number of amides is 2. The molecule has 0 atom stereocenters. The van der Waals surface area contributed by atoms with Crippen molar-refractivity contribution >= 4 is 11.8 Å². The number of carbonyl (C=O) groups excluding carboxylic acids is 2. The molecule has 3 rings (SSSR count). The van der Waals surface area contributed by atoms with Gasteiger partial charge in [-0.2, -0.15) is 13.2 Å². The van der Waals surface area contributed by atoms with Gasteiger partial charge in [0.2, 0.25) is 11.8 Å². The third-order valence-corrected chi connectivity index (χ3v) is 5.25. The van der Waals surface area contributed by atoms with E-state index in [2.05, 4.69) is 5.32 Å². The number of piperidine rings is 1. The van der Waals surface area contributed by atoms with Crippen molar-refractivity contribution in [3.63, 3.8) is 0 Å². The lowest BCUT2D eigenvalue weighted by Crippen LogP contribution is -2.43. The van der Waals surface area contributed by atoms with Gasteiger partial charge in [0.25, 0.3) is 0 Å².